The van der Waals surface area contributed by atoms with E-state index >= 15 is 0 Å². The molecule has 3 rings (SSSR count). The van der Waals surface area contributed by atoms with E-state index in [2.05, 4.69) is 36.1 Å². The third kappa shape index (κ3) is 3.50. The van der Waals surface area contributed by atoms with E-state index in [9.17, 15) is 4.79 Å². The topological polar surface area (TPSA) is 67.6 Å². The zero-order valence-electron chi connectivity index (χ0n) is 13.5. The number of nitrogens with one attached hydrogen (secondary N) is 1. The molecular weight excluding hydrogens is 282 g/mol. The summed E-state index contributed by atoms with van der Waals surface area (Å²) in [5.74, 6) is 1.11. The van der Waals surface area contributed by atoms with Crippen molar-refractivity contribution in [2.24, 2.45) is 5.92 Å². The van der Waals surface area contributed by atoms with E-state index in [1.807, 2.05) is 0 Å². The Morgan fingerprint density at radius 3 is 3.09 bits per heavy atom. The van der Waals surface area contributed by atoms with Crippen molar-refractivity contribution in [1.82, 2.24) is 15.4 Å². The maximum absolute atomic E-state index is 12.3. The second-order valence-electron chi connectivity index (χ2n) is 6.93. The van der Waals surface area contributed by atoms with Crippen LogP contribution >= 0.6 is 0 Å². The van der Waals surface area contributed by atoms with Crippen LogP contribution in [0.2, 0.25) is 0 Å². The molecule has 3 atom stereocenters. The quantitative estimate of drug-likeness (QED) is 0.912. The Balaban J connectivity index is 1.55. The molecule has 0 spiro atoms. The van der Waals surface area contributed by atoms with Crippen LogP contribution in [0, 0.1) is 5.92 Å². The summed E-state index contributed by atoms with van der Waals surface area (Å²) in [5, 5.41) is 6.96. The molecule has 6 nitrogen and oxygen atoms in total. The number of fused-ring (bicyclic) bond motifs is 1. The van der Waals surface area contributed by atoms with Crippen molar-refractivity contribution in [1.29, 1.82) is 0 Å². The molecule has 2 aliphatic heterocycles. The standard InChI is InChI=1S/C16H25N3O3/c1-10(2)4-14-6-15(18-22-14)16(20)17-12-5-13-9-21-11(3)7-19(13)8-12/h6,10-13H,4-5,7-9H2,1-3H3,(H,17,20)/t11-,12-,13+/m1/s1. The highest BCUT2D eigenvalue weighted by molar-refractivity contribution is 5.92. The number of amides is 1. The maximum atomic E-state index is 12.3. The van der Waals surface area contributed by atoms with Gasteiger partial charge in [-0.05, 0) is 19.3 Å². The van der Waals surface area contributed by atoms with Gasteiger partial charge in [0.2, 0.25) is 0 Å². The number of rotatable bonds is 4. The van der Waals surface area contributed by atoms with Crippen molar-refractivity contribution in [3.05, 3.63) is 17.5 Å². The number of aromatic nitrogens is 1. The molecule has 2 fully saturated rings. The molecule has 6 heteroatoms. The largest absolute Gasteiger partial charge is 0.376 e. The van der Waals surface area contributed by atoms with E-state index in [-0.39, 0.29) is 18.1 Å². The van der Waals surface area contributed by atoms with Gasteiger partial charge in [-0.25, -0.2) is 0 Å². The Bertz CT molecular complexity index is 528. The van der Waals surface area contributed by atoms with Crippen molar-refractivity contribution in [3.63, 3.8) is 0 Å². The number of carbonyl (C=O) groups is 1. The minimum atomic E-state index is -0.141. The molecule has 0 aliphatic carbocycles. The summed E-state index contributed by atoms with van der Waals surface area (Å²) < 4.78 is 10.9. The highest BCUT2D eigenvalue weighted by Crippen LogP contribution is 2.23. The van der Waals surface area contributed by atoms with Crippen LogP contribution in [0.4, 0.5) is 0 Å². The number of morpholine rings is 1. The fourth-order valence-corrected chi connectivity index (χ4v) is 3.32. The SMILES string of the molecule is CC(C)Cc1cc(C(=O)N[C@@H]2C[C@H]3CO[C@H](C)CN3C2)no1. The molecule has 1 amide bonds. The van der Waals surface area contributed by atoms with Gasteiger partial charge in [0.1, 0.15) is 5.76 Å². The minimum absolute atomic E-state index is 0.141. The molecule has 1 aromatic heterocycles. The highest BCUT2D eigenvalue weighted by atomic mass is 16.5. The Morgan fingerprint density at radius 2 is 2.32 bits per heavy atom. The maximum Gasteiger partial charge on any atom is 0.273 e. The van der Waals surface area contributed by atoms with Gasteiger partial charge in [0, 0.05) is 37.7 Å². The monoisotopic (exact) mass is 307 g/mol. The molecule has 2 saturated heterocycles. The molecule has 0 saturated carbocycles. The first-order valence-corrected chi connectivity index (χ1v) is 8.13. The second kappa shape index (κ2) is 6.38. The van der Waals surface area contributed by atoms with Crippen molar-refractivity contribution in [3.8, 4) is 0 Å². The summed E-state index contributed by atoms with van der Waals surface area (Å²) in [4.78, 5) is 14.7. The van der Waals surface area contributed by atoms with Gasteiger partial charge in [0.25, 0.3) is 5.91 Å². The molecule has 0 unspecified atom stereocenters. The van der Waals surface area contributed by atoms with Crippen molar-refractivity contribution in [2.45, 2.75) is 51.8 Å². The first kappa shape index (κ1) is 15.5. The molecule has 0 radical (unpaired) electrons. The lowest BCUT2D eigenvalue weighted by Gasteiger charge is -2.33. The Hall–Kier alpha value is -1.40. The van der Waals surface area contributed by atoms with Crippen molar-refractivity contribution < 1.29 is 14.1 Å². The third-order valence-electron chi connectivity index (χ3n) is 4.33. The van der Waals surface area contributed by atoms with Gasteiger partial charge in [-0.3, -0.25) is 9.69 Å². The zero-order chi connectivity index (χ0) is 15.7. The highest BCUT2D eigenvalue weighted by Gasteiger charge is 2.37. The molecule has 3 heterocycles. The summed E-state index contributed by atoms with van der Waals surface area (Å²) in [6.07, 6.45) is 2.02. The summed E-state index contributed by atoms with van der Waals surface area (Å²) in [6, 6.07) is 2.34. The van der Waals surface area contributed by atoms with Gasteiger partial charge < -0.3 is 14.6 Å². The predicted octanol–water partition coefficient (Wildman–Crippen LogP) is 1.46. The summed E-state index contributed by atoms with van der Waals surface area (Å²) in [6.45, 7) is 8.91. The number of nitrogens with zero attached hydrogens (tertiary/aromatic N) is 2. The molecule has 0 bridgehead atoms. The molecule has 2 aliphatic rings. The van der Waals surface area contributed by atoms with Crippen LogP contribution in [0.3, 0.4) is 0 Å². The number of hydrogen-bond acceptors (Lipinski definition) is 5. The fraction of sp³-hybridized carbons (Fsp3) is 0.750. The number of ether oxygens (including phenoxy) is 1. The molecule has 122 valence electrons. The van der Waals surface area contributed by atoms with E-state index in [0.29, 0.717) is 17.7 Å². The summed E-state index contributed by atoms with van der Waals surface area (Å²) in [7, 11) is 0. The normalized spacial score (nSPS) is 28.8. The van der Waals surface area contributed by atoms with E-state index in [1.54, 1.807) is 6.07 Å². The van der Waals surface area contributed by atoms with Crippen LogP contribution in [0.15, 0.2) is 10.6 Å². The Morgan fingerprint density at radius 1 is 1.50 bits per heavy atom. The van der Waals surface area contributed by atoms with E-state index < -0.39 is 0 Å². The van der Waals surface area contributed by atoms with Crippen LogP contribution in [0.1, 0.15) is 43.4 Å². The van der Waals surface area contributed by atoms with E-state index in [1.165, 1.54) is 0 Å². The average Bonchev–Trinajstić information content (AvgIpc) is 3.03. The van der Waals surface area contributed by atoms with E-state index in [4.69, 9.17) is 9.26 Å². The third-order valence-corrected chi connectivity index (χ3v) is 4.33. The average molecular weight is 307 g/mol. The van der Waals surface area contributed by atoms with Crippen LogP contribution in [-0.4, -0.2) is 53.8 Å². The number of hydrogen-bond donors (Lipinski definition) is 1. The summed E-state index contributed by atoms with van der Waals surface area (Å²) in [5.41, 5.74) is 0.380. The Labute approximate surface area is 131 Å². The van der Waals surface area contributed by atoms with Gasteiger partial charge in [-0.2, -0.15) is 0 Å². The molecular formula is C16H25N3O3. The van der Waals surface area contributed by atoms with E-state index in [0.717, 1.165) is 38.3 Å². The van der Waals surface area contributed by atoms with Crippen LogP contribution in [0.25, 0.3) is 0 Å². The number of carbonyl (C=O) groups excluding carboxylic acids is 1. The van der Waals surface area contributed by atoms with Crippen LogP contribution in [-0.2, 0) is 11.2 Å². The zero-order valence-corrected chi connectivity index (χ0v) is 13.5. The molecule has 1 N–H and O–H groups in total. The Kier molecular flexibility index (Phi) is 4.49. The molecule has 1 aromatic rings. The lowest BCUT2D eigenvalue weighted by molar-refractivity contribution is -0.0390. The van der Waals surface area contributed by atoms with Crippen molar-refractivity contribution >= 4 is 5.91 Å². The van der Waals surface area contributed by atoms with Gasteiger partial charge in [0.05, 0.1) is 12.7 Å². The first-order chi connectivity index (χ1) is 10.5. The second-order valence-corrected chi connectivity index (χ2v) is 6.93. The van der Waals surface area contributed by atoms with Gasteiger partial charge in [0.15, 0.2) is 5.69 Å². The predicted molar refractivity (Wildman–Crippen MR) is 81.7 cm³/mol. The molecule has 0 aromatic carbocycles. The van der Waals surface area contributed by atoms with Gasteiger partial charge in [-0.1, -0.05) is 19.0 Å². The fourth-order valence-electron chi connectivity index (χ4n) is 3.32. The molecule has 22 heavy (non-hydrogen) atoms. The minimum Gasteiger partial charge on any atom is -0.376 e. The summed E-state index contributed by atoms with van der Waals surface area (Å²) >= 11 is 0. The van der Waals surface area contributed by atoms with Gasteiger partial charge in [-0.15, -0.1) is 0 Å². The first-order valence-electron chi connectivity index (χ1n) is 8.13. The van der Waals surface area contributed by atoms with Crippen LogP contribution < -0.4 is 5.32 Å². The van der Waals surface area contributed by atoms with Crippen LogP contribution in [0.5, 0.6) is 0 Å². The van der Waals surface area contributed by atoms with Gasteiger partial charge >= 0.3 is 0 Å². The van der Waals surface area contributed by atoms with Crippen molar-refractivity contribution in [2.75, 3.05) is 19.7 Å². The lowest BCUT2D eigenvalue weighted by Crippen LogP contribution is -2.45. The lowest BCUT2D eigenvalue weighted by atomic mass is 10.1. The smallest absolute Gasteiger partial charge is 0.273 e.